The topological polar surface area (TPSA) is 66.4 Å². The fourth-order valence-electron chi connectivity index (χ4n) is 0.995. The van der Waals surface area contributed by atoms with Crippen molar-refractivity contribution >= 4 is 17.9 Å². The Labute approximate surface area is 79.4 Å². The Morgan fingerprint density at radius 3 is 2.71 bits per heavy atom. The molecule has 1 aromatic rings. The number of phenolic OH excluding ortho intramolecular Hbond substituents is 1. The molecule has 4 nitrogen and oxygen atoms in total. The zero-order chi connectivity index (χ0) is 10.7. The van der Waals surface area contributed by atoms with Crippen LogP contribution in [0.5, 0.6) is 5.75 Å². The van der Waals surface area contributed by atoms with Crippen molar-refractivity contribution in [3.8, 4) is 5.75 Å². The van der Waals surface area contributed by atoms with E-state index in [4.69, 9.17) is 0 Å². The maximum Gasteiger partial charge on any atom is 0.221 e. The number of amides is 1. The zero-order valence-corrected chi connectivity index (χ0v) is 7.37. The summed E-state index contributed by atoms with van der Waals surface area (Å²) in [6.45, 7) is 1.21. The van der Waals surface area contributed by atoms with Gasteiger partial charge in [0, 0.05) is 13.0 Å². The molecule has 0 bridgehead atoms. The number of phenols is 1. The van der Waals surface area contributed by atoms with Gasteiger partial charge in [-0.05, 0) is 6.07 Å². The van der Waals surface area contributed by atoms with Crippen LogP contribution in [0.4, 0.5) is 10.1 Å². The highest BCUT2D eigenvalue weighted by molar-refractivity contribution is 5.93. The fourth-order valence-corrected chi connectivity index (χ4v) is 0.995. The Kier molecular flexibility index (Phi) is 2.81. The molecular formula is C9H8FNO3. The summed E-state index contributed by atoms with van der Waals surface area (Å²) in [5.74, 6) is -1.59. The molecule has 0 aliphatic rings. The van der Waals surface area contributed by atoms with Crippen LogP contribution in [0.1, 0.15) is 17.3 Å². The molecule has 74 valence electrons. The lowest BCUT2D eigenvalue weighted by Gasteiger charge is -2.06. The van der Waals surface area contributed by atoms with Crippen LogP contribution in [-0.2, 0) is 4.79 Å². The molecule has 1 rings (SSSR count). The Morgan fingerprint density at radius 1 is 1.57 bits per heavy atom. The van der Waals surface area contributed by atoms with Crippen LogP contribution in [0.25, 0.3) is 0 Å². The minimum Gasteiger partial charge on any atom is -0.505 e. The lowest BCUT2D eigenvalue weighted by molar-refractivity contribution is -0.114. The van der Waals surface area contributed by atoms with Crippen LogP contribution in [-0.4, -0.2) is 17.3 Å². The molecule has 5 heteroatoms. The van der Waals surface area contributed by atoms with Crippen molar-refractivity contribution in [1.82, 2.24) is 0 Å². The second kappa shape index (κ2) is 3.87. The predicted octanol–water partition coefficient (Wildman–Crippen LogP) is 1.30. The molecule has 0 radical (unpaired) electrons. The molecule has 0 fully saturated rings. The van der Waals surface area contributed by atoms with Gasteiger partial charge in [0.05, 0.1) is 11.3 Å². The van der Waals surface area contributed by atoms with Crippen molar-refractivity contribution in [2.45, 2.75) is 6.92 Å². The standard InChI is InChI=1S/C9H8FNO3/c1-5(13)11-8-3-7(10)2-6(4-12)9(8)14/h2-4,14H,1H3,(H,11,13). The summed E-state index contributed by atoms with van der Waals surface area (Å²) in [6, 6.07) is 1.82. The number of rotatable bonds is 2. The van der Waals surface area contributed by atoms with Gasteiger partial charge in [0.15, 0.2) is 6.29 Å². The van der Waals surface area contributed by atoms with E-state index in [2.05, 4.69) is 5.32 Å². The smallest absolute Gasteiger partial charge is 0.221 e. The maximum atomic E-state index is 12.8. The number of aldehydes is 1. The van der Waals surface area contributed by atoms with Gasteiger partial charge in [-0.25, -0.2) is 4.39 Å². The van der Waals surface area contributed by atoms with Crippen LogP contribution in [0.2, 0.25) is 0 Å². The second-order valence-corrected chi connectivity index (χ2v) is 2.69. The highest BCUT2D eigenvalue weighted by Gasteiger charge is 2.10. The monoisotopic (exact) mass is 197 g/mol. The number of nitrogens with one attached hydrogen (secondary N) is 1. The van der Waals surface area contributed by atoms with E-state index >= 15 is 0 Å². The highest BCUT2D eigenvalue weighted by Crippen LogP contribution is 2.27. The summed E-state index contributed by atoms with van der Waals surface area (Å²) in [5.41, 5.74) is -0.312. The molecule has 0 spiro atoms. The Bertz CT molecular complexity index is 390. The van der Waals surface area contributed by atoms with Crippen LogP contribution < -0.4 is 5.32 Å². The molecule has 0 heterocycles. The summed E-state index contributed by atoms with van der Waals surface area (Å²) in [4.78, 5) is 21.0. The Hall–Kier alpha value is -1.91. The predicted molar refractivity (Wildman–Crippen MR) is 47.8 cm³/mol. The van der Waals surface area contributed by atoms with E-state index in [1.54, 1.807) is 0 Å². The van der Waals surface area contributed by atoms with Gasteiger partial charge in [-0.15, -0.1) is 0 Å². The van der Waals surface area contributed by atoms with Crippen LogP contribution >= 0.6 is 0 Å². The van der Waals surface area contributed by atoms with E-state index in [9.17, 15) is 19.1 Å². The summed E-state index contributed by atoms with van der Waals surface area (Å²) in [5, 5.41) is 11.6. The van der Waals surface area contributed by atoms with Crippen LogP contribution in [0.15, 0.2) is 12.1 Å². The van der Waals surface area contributed by atoms with Gasteiger partial charge in [0.1, 0.15) is 11.6 Å². The molecular weight excluding hydrogens is 189 g/mol. The molecule has 0 unspecified atom stereocenters. The van der Waals surface area contributed by atoms with Crippen molar-refractivity contribution in [3.63, 3.8) is 0 Å². The molecule has 1 aromatic carbocycles. The first-order chi connectivity index (χ1) is 6.54. The van der Waals surface area contributed by atoms with Gasteiger partial charge in [-0.3, -0.25) is 9.59 Å². The molecule has 14 heavy (non-hydrogen) atoms. The van der Waals surface area contributed by atoms with Crippen molar-refractivity contribution in [2.75, 3.05) is 5.32 Å². The van der Waals surface area contributed by atoms with Gasteiger partial charge in [0.2, 0.25) is 5.91 Å². The van der Waals surface area contributed by atoms with Crippen molar-refractivity contribution in [1.29, 1.82) is 0 Å². The van der Waals surface area contributed by atoms with Gasteiger partial charge in [0.25, 0.3) is 0 Å². The highest BCUT2D eigenvalue weighted by atomic mass is 19.1. The first-order valence-corrected chi connectivity index (χ1v) is 3.80. The molecule has 0 saturated heterocycles. The number of aromatic hydroxyl groups is 1. The number of anilines is 1. The molecule has 0 atom stereocenters. The SMILES string of the molecule is CC(=O)Nc1cc(F)cc(C=O)c1O. The first kappa shape index (κ1) is 10.2. The summed E-state index contributed by atoms with van der Waals surface area (Å²) < 4.78 is 12.8. The Morgan fingerprint density at radius 2 is 2.21 bits per heavy atom. The third-order valence-corrected chi connectivity index (χ3v) is 1.54. The largest absolute Gasteiger partial charge is 0.505 e. The minimum absolute atomic E-state index is 0.111. The third kappa shape index (κ3) is 2.07. The van der Waals surface area contributed by atoms with E-state index in [0.717, 1.165) is 12.1 Å². The van der Waals surface area contributed by atoms with Crippen LogP contribution in [0.3, 0.4) is 0 Å². The quantitative estimate of drug-likeness (QED) is 0.554. The van der Waals surface area contributed by atoms with E-state index in [-0.39, 0.29) is 11.3 Å². The molecule has 0 aromatic heterocycles. The third-order valence-electron chi connectivity index (χ3n) is 1.54. The van der Waals surface area contributed by atoms with Crippen molar-refractivity contribution in [2.24, 2.45) is 0 Å². The molecule has 0 saturated carbocycles. The number of halogens is 1. The number of carbonyl (C=O) groups excluding carboxylic acids is 2. The lowest BCUT2D eigenvalue weighted by atomic mass is 10.2. The Balaban J connectivity index is 3.21. The number of carbonyl (C=O) groups is 2. The fraction of sp³-hybridized carbons (Fsp3) is 0.111. The van der Waals surface area contributed by atoms with E-state index in [1.807, 2.05) is 0 Å². The number of hydrogen-bond acceptors (Lipinski definition) is 3. The van der Waals surface area contributed by atoms with Crippen LogP contribution in [0, 0.1) is 5.82 Å². The first-order valence-electron chi connectivity index (χ1n) is 3.80. The van der Waals surface area contributed by atoms with E-state index in [0.29, 0.717) is 6.29 Å². The van der Waals surface area contributed by atoms with Crippen molar-refractivity contribution < 1.29 is 19.1 Å². The van der Waals surface area contributed by atoms with Gasteiger partial charge < -0.3 is 10.4 Å². The molecule has 0 aliphatic heterocycles. The second-order valence-electron chi connectivity index (χ2n) is 2.69. The summed E-state index contributed by atoms with van der Waals surface area (Å²) in [7, 11) is 0. The minimum atomic E-state index is -0.700. The number of benzene rings is 1. The van der Waals surface area contributed by atoms with Gasteiger partial charge in [-0.1, -0.05) is 0 Å². The average molecular weight is 197 g/mol. The molecule has 0 aliphatic carbocycles. The maximum absolute atomic E-state index is 12.8. The molecule has 2 N–H and O–H groups in total. The zero-order valence-electron chi connectivity index (χ0n) is 7.37. The molecule has 1 amide bonds. The number of hydrogen-bond donors (Lipinski definition) is 2. The lowest BCUT2D eigenvalue weighted by Crippen LogP contribution is -2.07. The normalized spacial score (nSPS) is 9.57. The summed E-state index contributed by atoms with van der Waals surface area (Å²) in [6.07, 6.45) is 0.309. The summed E-state index contributed by atoms with van der Waals surface area (Å²) >= 11 is 0. The average Bonchev–Trinajstić information content (AvgIpc) is 2.09. The van der Waals surface area contributed by atoms with E-state index in [1.165, 1.54) is 6.92 Å². The van der Waals surface area contributed by atoms with E-state index < -0.39 is 17.5 Å². The van der Waals surface area contributed by atoms with Crippen molar-refractivity contribution in [3.05, 3.63) is 23.5 Å². The van der Waals surface area contributed by atoms with Gasteiger partial charge >= 0.3 is 0 Å². The van der Waals surface area contributed by atoms with Gasteiger partial charge in [-0.2, -0.15) is 0 Å².